The van der Waals surface area contributed by atoms with Gasteiger partial charge in [0.1, 0.15) is 11.6 Å². The van der Waals surface area contributed by atoms with Gasteiger partial charge in [0.05, 0.1) is 6.61 Å². The van der Waals surface area contributed by atoms with Crippen molar-refractivity contribution in [1.29, 1.82) is 0 Å². The Balaban J connectivity index is 1.20. The lowest BCUT2D eigenvalue weighted by molar-refractivity contribution is 0.163. The Kier molecular flexibility index (Phi) is 8.90. The van der Waals surface area contributed by atoms with Crippen molar-refractivity contribution in [3.05, 3.63) is 72.7 Å². The zero-order valence-corrected chi connectivity index (χ0v) is 21.7. The second kappa shape index (κ2) is 12.3. The van der Waals surface area contributed by atoms with Crippen molar-refractivity contribution in [2.75, 3.05) is 32.8 Å². The van der Waals surface area contributed by atoms with Crippen LogP contribution in [-0.4, -0.2) is 48.8 Å². The van der Waals surface area contributed by atoms with Crippen LogP contribution in [0.1, 0.15) is 63.9 Å². The van der Waals surface area contributed by atoms with Gasteiger partial charge >= 0.3 is 0 Å². The molecular formula is C31H43N3O. The van der Waals surface area contributed by atoms with Crippen molar-refractivity contribution in [2.24, 2.45) is 16.8 Å². The van der Waals surface area contributed by atoms with Gasteiger partial charge in [-0.05, 0) is 86.1 Å². The number of rotatable bonds is 10. The number of piperidine rings is 1. The van der Waals surface area contributed by atoms with Crippen LogP contribution in [0.2, 0.25) is 0 Å². The third kappa shape index (κ3) is 6.90. The zero-order chi connectivity index (χ0) is 24.6. The van der Waals surface area contributed by atoms with Gasteiger partial charge in [0.15, 0.2) is 0 Å². The van der Waals surface area contributed by atoms with E-state index in [1.54, 1.807) is 0 Å². The van der Waals surface area contributed by atoms with Gasteiger partial charge in [0, 0.05) is 44.0 Å². The van der Waals surface area contributed by atoms with E-state index >= 15 is 0 Å². The zero-order valence-electron chi connectivity index (χ0n) is 21.7. The van der Waals surface area contributed by atoms with Crippen molar-refractivity contribution in [3.8, 4) is 5.75 Å². The van der Waals surface area contributed by atoms with E-state index in [1.807, 2.05) is 6.21 Å². The molecule has 0 bridgehead atoms. The van der Waals surface area contributed by atoms with Gasteiger partial charge in [0.25, 0.3) is 0 Å². The van der Waals surface area contributed by atoms with Gasteiger partial charge in [-0.15, -0.1) is 0 Å². The normalized spacial score (nSPS) is 21.3. The second-order valence-electron chi connectivity index (χ2n) is 10.3. The molecule has 1 unspecified atom stereocenters. The molecule has 2 fully saturated rings. The molecule has 1 aromatic rings. The molecule has 35 heavy (non-hydrogen) atoms. The van der Waals surface area contributed by atoms with E-state index in [9.17, 15) is 0 Å². The predicted octanol–water partition coefficient (Wildman–Crippen LogP) is 7.08. The van der Waals surface area contributed by atoms with Crippen molar-refractivity contribution in [1.82, 2.24) is 9.80 Å². The van der Waals surface area contributed by atoms with E-state index in [0.29, 0.717) is 11.8 Å². The average molecular weight is 474 g/mol. The Morgan fingerprint density at radius 2 is 1.71 bits per heavy atom. The molecule has 2 saturated heterocycles. The number of benzene rings is 1. The smallest absolute Gasteiger partial charge is 0.121 e. The van der Waals surface area contributed by atoms with Gasteiger partial charge in [0.2, 0.25) is 0 Å². The molecule has 0 amide bonds. The first-order valence-corrected chi connectivity index (χ1v) is 13.5. The highest BCUT2D eigenvalue weighted by atomic mass is 16.5. The topological polar surface area (TPSA) is 28.1 Å². The van der Waals surface area contributed by atoms with E-state index in [4.69, 9.17) is 4.74 Å². The number of ether oxygens (including phenoxy) is 1. The minimum absolute atomic E-state index is 0.579. The lowest BCUT2D eigenvalue weighted by Gasteiger charge is -2.33. The summed E-state index contributed by atoms with van der Waals surface area (Å²) in [6, 6.07) is 8.73. The summed E-state index contributed by atoms with van der Waals surface area (Å²) in [5.41, 5.74) is 5.21. The molecule has 2 aliphatic heterocycles. The molecule has 2 heterocycles. The molecule has 1 aliphatic carbocycles. The van der Waals surface area contributed by atoms with Crippen molar-refractivity contribution >= 4 is 11.8 Å². The molecule has 0 radical (unpaired) electrons. The average Bonchev–Trinajstić information content (AvgIpc) is 3.46. The van der Waals surface area contributed by atoms with Crippen molar-refractivity contribution in [2.45, 2.75) is 58.3 Å². The summed E-state index contributed by atoms with van der Waals surface area (Å²) in [6.45, 7) is 19.8. The van der Waals surface area contributed by atoms with Crippen LogP contribution in [0.15, 0.2) is 72.2 Å². The number of hydrogen-bond acceptors (Lipinski definition) is 4. The highest BCUT2D eigenvalue weighted by molar-refractivity contribution is 5.78. The number of aliphatic imine (C=N–C) groups is 1. The minimum Gasteiger partial charge on any atom is -0.493 e. The monoisotopic (exact) mass is 473 g/mol. The maximum absolute atomic E-state index is 6.16. The Bertz CT molecular complexity index is 944. The summed E-state index contributed by atoms with van der Waals surface area (Å²) in [5, 5.41) is 0. The summed E-state index contributed by atoms with van der Waals surface area (Å²) in [7, 11) is 0. The molecule has 1 atom stereocenters. The van der Waals surface area contributed by atoms with E-state index in [0.717, 1.165) is 68.9 Å². The van der Waals surface area contributed by atoms with Gasteiger partial charge < -0.3 is 14.5 Å². The fourth-order valence-electron chi connectivity index (χ4n) is 5.34. The third-order valence-electron chi connectivity index (χ3n) is 7.94. The summed E-state index contributed by atoms with van der Waals surface area (Å²) in [4.78, 5) is 9.26. The molecule has 4 rings (SSSR count). The first-order chi connectivity index (χ1) is 17.0. The van der Waals surface area contributed by atoms with Crippen LogP contribution in [0.4, 0.5) is 0 Å². The Labute approximate surface area is 212 Å². The van der Waals surface area contributed by atoms with Gasteiger partial charge in [-0.3, -0.25) is 0 Å². The van der Waals surface area contributed by atoms with Crippen LogP contribution in [0, 0.1) is 11.8 Å². The molecule has 4 heteroatoms. The standard InChI is InChI=1S/C31H43N3O/c1-5-24(2)22-32-26(4)34-20-16-27(17-21-34)23-35-31-14-12-30(13-15-31)29-10-8-28(9-11-29)25(3)33-18-6-7-19-33/h10,12-15,22,27-28H,2-9,11,16-21,23H2,1H3/b32-22-. The highest BCUT2D eigenvalue weighted by Gasteiger charge is 2.24. The summed E-state index contributed by atoms with van der Waals surface area (Å²) in [6.07, 6.45) is 13.5. The minimum atomic E-state index is 0.579. The van der Waals surface area contributed by atoms with Gasteiger partial charge in [-0.1, -0.05) is 44.9 Å². The fraction of sp³-hybridized carbons (Fsp3) is 0.516. The molecule has 1 aromatic carbocycles. The van der Waals surface area contributed by atoms with Crippen LogP contribution in [-0.2, 0) is 0 Å². The fourth-order valence-corrected chi connectivity index (χ4v) is 5.34. The van der Waals surface area contributed by atoms with E-state index in [-0.39, 0.29) is 0 Å². The van der Waals surface area contributed by atoms with Crippen LogP contribution in [0.25, 0.3) is 5.57 Å². The molecule has 0 spiro atoms. The SMILES string of the molecule is C=C(/C=N\C(=C)N1CCC(COc2ccc(C3=CCC(C(=C)N4CCCC4)CC3)cc2)CC1)CC. The van der Waals surface area contributed by atoms with Crippen LogP contribution in [0.5, 0.6) is 5.75 Å². The Hall–Kier alpha value is -2.75. The number of likely N-dealkylation sites (tertiary alicyclic amines) is 2. The summed E-state index contributed by atoms with van der Waals surface area (Å²) in [5.74, 6) is 3.01. The molecule has 0 N–H and O–H groups in total. The van der Waals surface area contributed by atoms with Crippen molar-refractivity contribution < 1.29 is 4.74 Å². The molecule has 0 aromatic heterocycles. The van der Waals surface area contributed by atoms with E-state index in [2.05, 4.69) is 71.8 Å². The first-order valence-electron chi connectivity index (χ1n) is 13.5. The largest absolute Gasteiger partial charge is 0.493 e. The summed E-state index contributed by atoms with van der Waals surface area (Å²) >= 11 is 0. The quantitative estimate of drug-likeness (QED) is 0.340. The summed E-state index contributed by atoms with van der Waals surface area (Å²) < 4.78 is 6.16. The Morgan fingerprint density at radius 3 is 2.34 bits per heavy atom. The molecule has 188 valence electrons. The van der Waals surface area contributed by atoms with Crippen LogP contribution < -0.4 is 4.74 Å². The lowest BCUT2D eigenvalue weighted by Crippen LogP contribution is -2.34. The van der Waals surface area contributed by atoms with Gasteiger partial charge in [-0.25, -0.2) is 4.99 Å². The molecule has 4 nitrogen and oxygen atoms in total. The molecule has 3 aliphatic rings. The number of hydrogen-bond donors (Lipinski definition) is 0. The van der Waals surface area contributed by atoms with Crippen molar-refractivity contribution in [3.63, 3.8) is 0 Å². The van der Waals surface area contributed by atoms with E-state index in [1.165, 1.54) is 49.2 Å². The number of nitrogens with zero attached hydrogens (tertiary/aromatic N) is 3. The van der Waals surface area contributed by atoms with E-state index < -0.39 is 0 Å². The first kappa shape index (κ1) is 25.3. The second-order valence-corrected chi connectivity index (χ2v) is 10.3. The maximum Gasteiger partial charge on any atom is 0.121 e. The molecule has 0 saturated carbocycles. The Morgan fingerprint density at radius 1 is 1.00 bits per heavy atom. The van der Waals surface area contributed by atoms with Gasteiger partial charge in [-0.2, -0.15) is 0 Å². The predicted molar refractivity (Wildman–Crippen MR) is 149 cm³/mol. The highest BCUT2D eigenvalue weighted by Crippen LogP contribution is 2.36. The lowest BCUT2D eigenvalue weighted by atomic mass is 9.85. The third-order valence-corrected chi connectivity index (χ3v) is 7.94. The maximum atomic E-state index is 6.16. The number of allylic oxidation sites excluding steroid dienone is 4. The van der Waals surface area contributed by atoms with Crippen LogP contribution >= 0.6 is 0 Å². The molecular weight excluding hydrogens is 430 g/mol. The van der Waals surface area contributed by atoms with Crippen LogP contribution in [0.3, 0.4) is 0 Å².